The van der Waals surface area contributed by atoms with E-state index in [2.05, 4.69) is 10.3 Å². The summed E-state index contributed by atoms with van der Waals surface area (Å²) in [6.07, 6.45) is 11.5. The zero-order valence-electron chi connectivity index (χ0n) is 19.3. The van der Waals surface area contributed by atoms with Crippen LogP contribution in [0.4, 0.5) is 0 Å². The second-order valence-electron chi connectivity index (χ2n) is 8.76. The van der Waals surface area contributed by atoms with Crippen LogP contribution in [0.25, 0.3) is 16.8 Å². The van der Waals surface area contributed by atoms with Gasteiger partial charge in [0.05, 0.1) is 4.90 Å². The minimum atomic E-state index is -3.47. The average molecular weight is 478 g/mol. The molecule has 1 saturated heterocycles. The molecule has 0 saturated carbocycles. The molecular formula is C27H31N3O3S. The lowest BCUT2D eigenvalue weighted by Crippen LogP contribution is -2.38. The van der Waals surface area contributed by atoms with Gasteiger partial charge in [-0.2, -0.15) is 4.31 Å². The average Bonchev–Trinajstić information content (AvgIpc) is 2.88. The molecule has 1 fully saturated rings. The lowest BCUT2D eigenvalue weighted by atomic mass is 9.92. The van der Waals surface area contributed by atoms with Crippen LogP contribution in [0.5, 0.6) is 0 Å². The molecule has 0 aliphatic carbocycles. The number of carbonyl (C=O) groups excluding carboxylic acids is 1. The predicted octanol–water partition coefficient (Wildman–Crippen LogP) is 4.64. The summed E-state index contributed by atoms with van der Waals surface area (Å²) in [5, 5.41) is 4.90. The number of piperidine rings is 1. The number of nitrogens with one attached hydrogen (secondary N) is 1. The van der Waals surface area contributed by atoms with Crippen molar-refractivity contribution in [2.45, 2.75) is 37.0 Å². The van der Waals surface area contributed by atoms with Gasteiger partial charge in [-0.15, -0.1) is 0 Å². The maximum atomic E-state index is 13.1. The first-order valence-corrected chi connectivity index (χ1v) is 13.3. The monoisotopic (exact) mass is 477 g/mol. The first kappa shape index (κ1) is 24.1. The maximum Gasteiger partial charge on any atom is 0.243 e. The molecule has 1 amide bonds. The van der Waals surface area contributed by atoms with E-state index in [1.165, 1.54) is 6.08 Å². The molecule has 0 bridgehead atoms. The Morgan fingerprint density at radius 3 is 2.59 bits per heavy atom. The van der Waals surface area contributed by atoms with Crippen LogP contribution in [0.15, 0.2) is 78.0 Å². The van der Waals surface area contributed by atoms with Gasteiger partial charge in [0.15, 0.2) is 0 Å². The molecule has 1 aliphatic rings. The van der Waals surface area contributed by atoms with Crippen molar-refractivity contribution in [2.75, 3.05) is 19.6 Å². The van der Waals surface area contributed by atoms with Crippen molar-refractivity contribution in [1.29, 1.82) is 0 Å². The highest BCUT2D eigenvalue weighted by Gasteiger charge is 2.29. The molecule has 2 aromatic carbocycles. The van der Waals surface area contributed by atoms with E-state index in [1.807, 2.05) is 42.5 Å². The molecule has 1 N–H and O–H groups in total. The van der Waals surface area contributed by atoms with Crippen LogP contribution in [0.2, 0.25) is 0 Å². The summed E-state index contributed by atoms with van der Waals surface area (Å²) < 4.78 is 27.9. The first-order valence-electron chi connectivity index (χ1n) is 11.9. The number of aromatic nitrogens is 1. The molecule has 34 heavy (non-hydrogen) atoms. The number of amides is 1. The number of fused-ring (bicyclic) bond motifs is 1. The van der Waals surface area contributed by atoms with E-state index in [0.29, 0.717) is 30.4 Å². The Kier molecular flexibility index (Phi) is 8.08. The van der Waals surface area contributed by atoms with Gasteiger partial charge in [-0.3, -0.25) is 9.78 Å². The smallest absolute Gasteiger partial charge is 0.243 e. The number of unbranched alkanes of at least 4 members (excludes halogenated alkanes) is 1. The lowest BCUT2D eigenvalue weighted by Gasteiger charge is -2.31. The van der Waals surface area contributed by atoms with Gasteiger partial charge in [0.1, 0.15) is 0 Å². The number of nitrogens with zero attached hydrogens (tertiary/aromatic N) is 2. The number of benzene rings is 2. The summed E-state index contributed by atoms with van der Waals surface area (Å²) >= 11 is 0. The van der Waals surface area contributed by atoms with Crippen LogP contribution >= 0.6 is 0 Å². The van der Waals surface area contributed by atoms with Crippen LogP contribution < -0.4 is 5.32 Å². The zero-order valence-corrected chi connectivity index (χ0v) is 20.1. The van der Waals surface area contributed by atoms with E-state index in [4.69, 9.17) is 0 Å². The number of hydrogen-bond acceptors (Lipinski definition) is 4. The Labute approximate surface area is 201 Å². The minimum Gasteiger partial charge on any atom is -0.353 e. The van der Waals surface area contributed by atoms with Crippen molar-refractivity contribution in [2.24, 2.45) is 5.92 Å². The fourth-order valence-corrected chi connectivity index (χ4v) is 5.90. The molecule has 0 radical (unpaired) electrons. The highest BCUT2D eigenvalue weighted by atomic mass is 32.2. The third kappa shape index (κ3) is 6.30. The Hall–Kier alpha value is -3.03. The Morgan fingerprint density at radius 1 is 1.03 bits per heavy atom. The van der Waals surface area contributed by atoms with Crippen molar-refractivity contribution in [3.8, 4) is 0 Å². The number of hydrogen-bond donors (Lipinski definition) is 1. The standard InChI is InChI=1S/C27H31N3O3S/c31-27(13-10-23-7-5-16-28-21-23)29-17-4-3-6-22-14-18-30(19-15-22)34(32,33)26-12-11-24-8-1-2-9-25(24)20-26/h1-2,5,7-13,16,20-22H,3-4,6,14-15,17-19H2,(H,29,31). The summed E-state index contributed by atoms with van der Waals surface area (Å²) in [5.41, 5.74) is 0.895. The molecule has 178 valence electrons. The topological polar surface area (TPSA) is 79.4 Å². The minimum absolute atomic E-state index is 0.101. The van der Waals surface area contributed by atoms with Gasteiger partial charge in [-0.05, 0) is 65.8 Å². The molecule has 3 aromatic rings. The van der Waals surface area contributed by atoms with Crippen LogP contribution in [0, 0.1) is 5.92 Å². The molecule has 0 unspecified atom stereocenters. The second kappa shape index (κ2) is 11.4. The SMILES string of the molecule is O=C(C=Cc1cccnc1)NCCCCC1CCN(S(=O)(=O)c2ccc3ccccc3c2)CC1. The van der Waals surface area contributed by atoms with Gasteiger partial charge in [0.2, 0.25) is 15.9 Å². The zero-order chi connectivity index (χ0) is 23.8. The summed E-state index contributed by atoms with van der Waals surface area (Å²) in [5.74, 6) is 0.431. The largest absolute Gasteiger partial charge is 0.353 e. The fourth-order valence-electron chi connectivity index (χ4n) is 4.39. The first-order chi connectivity index (χ1) is 16.5. The highest BCUT2D eigenvalue weighted by Crippen LogP contribution is 2.28. The number of rotatable bonds is 9. The molecule has 0 spiro atoms. The van der Waals surface area contributed by atoms with E-state index in [-0.39, 0.29) is 5.91 Å². The second-order valence-corrected chi connectivity index (χ2v) is 10.7. The van der Waals surface area contributed by atoms with Crippen molar-refractivity contribution < 1.29 is 13.2 Å². The maximum absolute atomic E-state index is 13.1. The lowest BCUT2D eigenvalue weighted by molar-refractivity contribution is -0.116. The number of sulfonamides is 1. The molecule has 0 atom stereocenters. The Balaban J connectivity index is 1.17. The van der Waals surface area contributed by atoms with Crippen molar-refractivity contribution >= 4 is 32.8 Å². The van der Waals surface area contributed by atoms with Gasteiger partial charge < -0.3 is 5.32 Å². The van der Waals surface area contributed by atoms with Crippen LogP contribution in [0.3, 0.4) is 0 Å². The molecule has 2 heterocycles. The summed E-state index contributed by atoms with van der Waals surface area (Å²) in [7, 11) is -3.47. The summed E-state index contributed by atoms with van der Waals surface area (Å²) in [4.78, 5) is 16.3. The summed E-state index contributed by atoms with van der Waals surface area (Å²) in [6, 6.07) is 16.9. The Bertz CT molecular complexity index is 1230. The molecule has 6 nitrogen and oxygen atoms in total. The van der Waals surface area contributed by atoms with E-state index >= 15 is 0 Å². The molecular weight excluding hydrogens is 446 g/mol. The molecule has 7 heteroatoms. The molecule has 1 aromatic heterocycles. The van der Waals surface area contributed by atoms with E-state index in [0.717, 1.165) is 48.4 Å². The number of carbonyl (C=O) groups is 1. The van der Waals surface area contributed by atoms with Gasteiger partial charge in [-0.25, -0.2) is 8.42 Å². The van der Waals surface area contributed by atoms with Gasteiger partial charge in [-0.1, -0.05) is 49.2 Å². The molecule has 4 rings (SSSR count). The van der Waals surface area contributed by atoms with Crippen LogP contribution in [-0.2, 0) is 14.8 Å². The third-order valence-corrected chi connectivity index (χ3v) is 8.28. The molecule has 1 aliphatic heterocycles. The van der Waals surface area contributed by atoms with Crippen LogP contribution in [0.1, 0.15) is 37.7 Å². The highest BCUT2D eigenvalue weighted by molar-refractivity contribution is 7.89. The Morgan fingerprint density at radius 2 is 1.82 bits per heavy atom. The predicted molar refractivity (Wildman–Crippen MR) is 136 cm³/mol. The van der Waals surface area contributed by atoms with Gasteiger partial charge in [0.25, 0.3) is 0 Å². The van der Waals surface area contributed by atoms with Crippen LogP contribution in [-0.4, -0.2) is 43.2 Å². The van der Waals surface area contributed by atoms with E-state index in [9.17, 15) is 13.2 Å². The normalized spacial score (nSPS) is 15.6. The van der Waals surface area contributed by atoms with Gasteiger partial charge in [0, 0.05) is 38.1 Å². The van der Waals surface area contributed by atoms with E-state index < -0.39 is 10.0 Å². The third-order valence-electron chi connectivity index (χ3n) is 6.38. The van der Waals surface area contributed by atoms with Crippen molar-refractivity contribution in [3.05, 3.63) is 78.6 Å². The summed E-state index contributed by atoms with van der Waals surface area (Å²) in [6.45, 7) is 1.77. The van der Waals surface area contributed by atoms with Gasteiger partial charge >= 0.3 is 0 Å². The van der Waals surface area contributed by atoms with Crippen molar-refractivity contribution in [1.82, 2.24) is 14.6 Å². The fraction of sp³-hybridized carbons (Fsp3) is 0.333. The quantitative estimate of drug-likeness (QED) is 0.360. The number of pyridine rings is 1. The van der Waals surface area contributed by atoms with Crippen molar-refractivity contribution in [3.63, 3.8) is 0 Å². The van der Waals surface area contributed by atoms with E-state index in [1.54, 1.807) is 34.9 Å².